The molecule has 26 heavy (non-hydrogen) atoms. The number of benzene rings is 2. The van der Waals surface area contributed by atoms with Crippen molar-refractivity contribution in [3.8, 4) is 0 Å². The lowest BCUT2D eigenvalue weighted by molar-refractivity contribution is 0.0934. The van der Waals surface area contributed by atoms with E-state index in [2.05, 4.69) is 15.0 Å². The summed E-state index contributed by atoms with van der Waals surface area (Å²) in [6.07, 6.45) is 3.55. The first-order chi connectivity index (χ1) is 12.5. The number of carbonyl (C=O) groups excluding carboxylic acids is 1. The van der Waals surface area contributed by atoms with E-state index >= 15 is 0 Å². The minimum absolute atomic E-state index is 0.313. The molecule has 0 aliphatic rings. The van der Waals surface area contributed by atoms with E-state index in [4.69, 9.17) is 0 Å². The maximum atomic E-state index is 14.4. The molecule has 1 aromatic heterocycles. The first-order valence-corrected chi connectivity index (χ1v) is 9.46. The Hall–Kier alpha value is -2.60. The lowest BCUT2D eigenvalue weighted by Gasteiger charge is -2.17. The van der Waals surface area contributed by atoms with E-state index in [1.165, 1.54) is 18.0 Å². The van der Waals surface area contributed by atoms with Crippen LogP contribution in [0.1, 0.15) is 34.6 Å². The molecule has 0 bridgehead atoms. The van der Waals surface area contributed by atoms with Gasteiger partial charge in [-0.3, -0.25) is 9.78 Å². The maximum absolute atomic E-state index is 14.4. The molecule has 0 aliphatic carbocycles. The SMILES string of the molecule is CSNc1cc(F)c(C(C)NC(=O)c2cc3ccccc3cn2)cc1C. The molecule has 0 radical (unpaired) electrons. The van der Waals surface area contributed by atoms with Crippen LogP contribution >= 0.6 is 11.9 Å². The molecule has 3 aromatic rings. The summed E-state index contributed by atoms with van der Waals surface area (Å²) in [5.74, 6) is -0.682. The number of anilines is 1. The number of halogens is 1. The topological polar surface area (TPSA) is 54.0 Å². The van der Waals surface area contributed by atoms with Gasteiger partial charge in [0.1, 0.15) is 11.5 Å². The Morgan fingerprint density at radius 2 is 1.92 bits per heavy atom. The zero-order valence-electron chi connectivity index (χ0n) is 14.8. The highest BCUT2D eigenvalue weighted by Crippen LogP contribution is 2.26. The van der Waals surface area contributed by atoms with E-state index in [1.54, 1.807) is 25.3 Å². The van der Waals surface area contributed by atoms with Crippen molar-refractivity contribution in [1.82, 2.24) is 10.3 Å². The van der Waals surface area contributed by atoms with E-state index in [0.29, 0.717) is 11.3 Å². The standard InChI is InChI=1S/C20H20FN3OS/c1-12-8-16(17(21)10-18(12)24-26-3)13(2)23-20(25)19-9-14-6-4-5-7-15(14)11-22-19/h4-11,13,24H,1-3H3,(H,23,25). The molecular weight excluding hydrogens is 349 g/mol. The molecule has 3 rings (SSSR count). The molecule has 0 saturated heterocycles. The maximum Gasteiger partial charge on any atom is 0.270 e. The first kappa shape index (κ1) is 18.2. The number of amides is 1. The molecule has 2 N–H and O–H groups in total. The van der Waals surface area contributed by atoms with Crippen molar-refractivity contribution in [1.29, 1.82) is 0 Å². The Morgan fingerprint density at radius 3 is 2.65 bits per heavy atom. The van der Waals surface area contributed by atoms with Gasteiger partial charge in [0.25, 0.3) is 5.91 Å². The van der Waals surface area contributed by atoms with Crippen molar-refractivity contribution in [2.75, 3.05) is 11.0 Å². The summed E-state index contributed by atoms with van der Waals surface area (Å²) < 4.78 is 17.5. The van der Waals surface area contributed by atoms with Crippen molar-refractivity contribution < 1.29 is 9.18 Å². The van der Waals surface area contributed by atoms with Crippen LogP contribution in [-0.2, 0) is 0 Å². The summed E-state index contributed by atoms with van der Waals surface area (Å²) in [6, 6.07) is 12.2. The van der Waals surface area contributed by atoms with Crippen LogP contribution in [0.4, 0.5) is 10.1 Å². The quantitative estimate of drug-likeness (QED) is 0.631. The molecule has 0 saturated carbocycles. The molecular formula is C20H20FN3OS. The summed E-state index contributed by atoms with van der Waals surface area (Å²) in [5, 5.41) is 4.74. The van der Waals surface area contributed by atoms with Gasteiger partial charge in [-0.05, 0) is 43.0 Å². The van der Waals surface area contributed by atoms with Gasteiger partial charge in [0.15, 0.2) is 0 Å². The number of aryl methyl sites for hydroxylation is 1. The van der Waals surface area contributed by atoms with Crippen molar-refractivity contribution >= 4 is 34.3 Å². The second-order valence-corrected chi connectivity index (χ2v) is 6.72. The van der Waals surface area contributed by atoms with Crippen molar-refractivity contribution in [3.63, 3.8) is 0 Å². The zero-order chi connectivity index (χ0) is 18.7. The summed E-state index contributed by atoms with van der Waals surface area (Å²) >= 11 is 1.41. The Balaban J connectivity index is 1.81. The molecule has 6 heteroatoms. The summed E-state index contributed by atoms with van der Waals surface area (Å²) in [4.78, 5) is 16.7. The number of nitrogens with zero attached hydrogens (tertiary/aromatic N) is 1. The zero-order valence-corrected chi connectivity index (χ0v) is 15.7. The average molecular weight is 369 g/mol. The fourth-order valence-corrected chi connectivity index (χ4v) is 3.25. The largest absolute Gasteiger partial charge is 0.344 e. The smallest absolute Gasteiger partial charge is 0.270 e. The van der Waals surface area contributed by atoms with Gasteiger partial charge in [0.05, 0.1) is 6.04 Å². The van der Waals surface area contributed by atoms with Gasteiger partial charge in [-0.1, -0.05) is 36.2 Å². The number of nitrogens with one attached hydrogen (secondary N) is 2. The first-order valence-electron chi connectivity index (χ1n) is 8.24. The number of hydrogen-bond acceptors (Lipinski definition) is 4. The number of hydrogen-bond donors (Lipinski definition) is 2. The summed E-state index contributed by atoms with van der Waals surface area (Å²) in [7, 11) is 0. The van der Waals surface area contributed by atoms with Crippen molar-refractivity contribution in [3.05, 3.63) is 71.3 Å². The third kappa shape index (κ3) is 3.80. The fourth-order valence-electron chi connectivity index (χ4n) is 2.81. The molecule has 2 aromatic carbocycles. The monoisotopic (exact) mass is 369 g/mol. The minimum Gasteiger partial charge on any atom is -0.344 e. The van der Waals surface area contributed by atoms with Crippen molar-refractivity contribution in [2.45, 2.75) is 19.9 Å². The van der Waals surface area contributed by atoms with Crippen LogP contribution in [0.5, 0.6) is 0 Å². The van der Waals surface area contributed by atoms with Gasteiger partial charge in [0.2, 0.25) is 0 Å². The van der Waals surface area contributed by atoms with Gasteiger partial charge in [-0.15, -0.1) is 0 Å². The van der Waals surface area contributed by atoms with Crippen LogP contribution in [0.2, 0.25) is 0 Å². The molecule has 1 amide bonds. The van der Waals surface area contributed by atoms with E-state index in [-0.39, 0.29) is 11.7 Å². The molecule has 4 nitrogen and oxygen atoms in total. The molecule has 1 unspecified atom stereocenters. The Kier molecular flexibility index (Phi) is 5.42. The van der Waals surface area contributed by atoms with E-state index in [1.807, 2.05) is 37.4 Å². The molecule has 0 spiro atoms. The molecule has 134 valence electrons. The van der Waals surface area contributed by atoms with Crippen LogP contribution in [0.25, 0.3) is 10.8 Å². The molecule has 1 atom stereocenters. The van der Waals surface area contributed by atoms with E-state index < -0.39 is 6.04 Å². The normalized spacial score (nSPS) is 12.0. The fraction of sp³-hybridized carbons (Fsp3) is 0.200. The predicted octanol–water partition coefficient (Wildman–Crippen LogP) is 4.86. The van der Waals surface area contributed by atoms with Gasteiger partial charge < -0.3 is 10.0 Å². The molecule has 0 fully saturated rings. The van der Waals surface area contributed by atoms with Crippen LogP contribution in [0, 0.1) is 12.7 Å². The van der Waals surface area contributed by atoms with Crippen LogP contribution < -0.4 is 10.0 Å². The third-order valence-corrected chi connectivity index (χ3v) is 4.66. The van der Waals surface area contributed by atoms with Gasteiger partial charge in [-0.25, -0.2) is 4.39 Å². The van der Waals surface area contributed by atoms with Crippen molar-refractivity contribution in [2.24, 2.45) is 0 Å². The third-order valence-electron chi connectivity index (χ3n) is 4.23. The van der Waals surface area contributed by atoms with Crippen LogP contribution in [0.15, 0.2) is 48.7 Å². The Bertz CT molecular complexity index is 961. The molecule has 0 aliphatic heterocycles. The number of aromatic nitrogens is 1. The minimum atomic E-state index is -0.474. The Labute approximate surface area is 156 Å². The number of carbonyl (C=O) groups is 1. The summed E-state index contributed by atoms with van der Waals surface area (Å²) in [5.41, 5.74) is 2.41. The lowest BCUT2D eigenvalue weighted by Crippen LogP contribution is -2.28. The van der Waals surface area contributed by atoms with E-state index in [0.717, 1.165) is 22.0 Å². The highest BCUT2D eigenvalue weighted by molar-refractivity contribution is 7.99. The van der Waals surface area contributed by atoms with Gasteiger partial charge in [-0.2, -0.15) is 0 Å². The lowest BCUT2D eigenvalue weighted by atomic mass is 10.0. The number of fused-ring (bicyclic) bond motifs is 1. The number of pyridine rings is 1. The number of rotatable bonds is 5. The highest BCUT2D eigenvalue weighted by Gasteiger charge is 2.17. The van der Waals surface area contributed by atoms with Gasteiger partial charge in [0, 0.05) is 29.1 Å². The highest BCUT2D eigenvalue weighted by atomic mass is 32.2. The second-order valence-electron chi connectivity index (χ2n) is 6.11. The predicted molar refractivity (Wildman–Crippen MR) is 106 cm³/mol. The Morgan fingerprint density at radius 1 is 1.19 bits per heavy atom. The second kappa shape index (κ2) is 7.74. The van der Waals surface area contributed by atoms with Crippen LogP contribution in [-0.4, -0.2) is 17.1 Å². The average Bonchev–Trinajstić information content (AvgIpc) is 2.64. The molecule has 1 heterocycles. The van der Waals surface area contributed by atoms with Gasteiger partial charge >= 0.3 is 0 Å². The summed E-state index contributed by atoms with van der Waals surface area (Å²) in [6.45, 7) is 3.67. The van der Waals surface area contributed by atoms with E-state index in [9.17, 15) is 9.18 Å². The van der Waals surface area contributed by atoms with Crippen LogP contribution in [0.3, 0.4) is 0 Å².